The molecule has 5 rings (SSSR count). The van der Waals surface area contributed by atoms with Gasteiger partial charge < -0.3 is 40.3 Å². The van der Waals surface area contributed by atoms with E-state index >= 15 is 0 Å². The summed E-state index contributed by atoms with van der Waals surface area (Å²) >= 11 is 6.74. The fraction of sp³-hybridized carbons (Fsp3) is 0.538. The first-order valence-corrected chi connectivity index (χ1v) is 18.1. The predicted octanol–water partition coefficient (Wildman–Crippen LogP) is 4.14. The molecule has 11 heteroatoms. The normalized spacial score (nSPS) is 18.2. The molecule has 10 nitrogen and oxygen atoms in total. The van der Waals surface area contributed by atoms with Crippen LogP contribution in [-0.4, -0.2) is 103 Å². The van der Waals surface area contributed by atoms with Gasteiger partial charge in [-0.2, -0.15) is 0 Å². The molecule has 50 heavy (non-hydrogen) atoms. The van der Waals surface area contributed by atoms with Crippen LogP contribution in [-0.2, 0) is 16.6 Å². The lowest BCUT2D eigenvalue weighted by Gasteiger charge is -2.30. The number of ether oxygens (including phenoxy) is 1. The Morgan fingerprint density at radius 2 is 1.76 bits per heavy atom. The van der Waals surface area contributed by atoms with E-state index in [4.69, 9.17) is 21.4 Å². The molecule has 2 aromatic carbocycles. The second-order valence-corrected chi connectivity index (χ2v) is 14.4. The minimum atomic E-state index is -1.79. The molecule has 0 radical (unpaired) electrons. The molecule has 0 aliphatic heterocycles. The summed E-state index contributed by atoms with van der Waals surface area (Å²) in [5.41, 5.74) is 5.81. The molecule has 2 aliphatic carbocycles. The summed E-state index contributed by atoms with van der Waals surface area (Å²) in [6.45, 7) is 0.583. The third kappa shape index (κ3) is 9.61. The van der Waals surface area contributed by atoms with Gasteiger partial charge in [-0.15, -0.1) is 0 Å². The fourth-order valence-corrected chi connectivity index (χ4v) is 6.91. The zero-order valence-corrected chi connectivity index (χ0v) is 29.5. The first kappa shape index (κ1) is 38.1. The van der Waals surface area contributed by atoms with Crippen LogP contribution >= 0.6 is 11.6 Å². The van der Waals surface area contributed by atoms with Crippen LogP contribution in [0.4, 0.5) is 0 Å². The summed E-state index contributed by atoms with van der Waals surface area (Å²) in [5, 5.41) is 59.2. The second-order valence-electron chi connectivity index (χ2n) is 14.0. The smallest absolute Gasteiger partial charge is 0.222 e. The highest BCUT2D eigenvalue weighted by Crippen LogP contribution is 2.55. The lowest BCUT2D eigenvalue weighted by Crippen LogP contribution is -2.51. The van der Waals surface area contributed by atoms with Crippen molar-refractivity contribution >= 4 is 17.5 Å². The van der Waals surface area contributed by atoms with Gasteiger partial charge in [-0.1, -0.05) is 48.9 Å². The Morgan fingerprint density at radius 1 is 1.02 bits per heavy atom. The Morgan fingerprint density at radius 3 is 2.46 bits per heavy atom. The number of halogens is 1. The fourth-order valence-electron chi connectivity index (χ4n) is 6.70. The van der Waals surface area contributed by atoms with Crippen LogP contribution in [0.5, 0.6) is 5.75 Å². The van der Waals surface area contributed by atoms with E-state index in [9.17, 15) is 30.3 Å². The second kappa shape index (κ2) is 17.4. The van der Waals surface area contributed by atoms with Crippen molar-refractivity contribution in [2.45, 2.75) is 107 Å². The van der Waals surface area contributed by atoms with E-state index in [-0.39, 0.29) is 43.4 Å². The number of carbonyl (C=O) groups excluding carboxylic acids is 1. The number of aromatic nitrogens is 1. The summed E-state index contributed by atoms with van der Waals surface area (Å²) in [4.78, 5) is 18.8. The standard InChI is InChI=1S/C39H51ClN2O8/c1-25(5-4-8-36(47)42(19-20-43)23-33(45)37(48)38(49)34(46)24-44)26-9-12-32(40)27(21-26)13-15-39(16-17-39)31-22-41-18-14-29(31)30-6-2-3-7-35(30)50-28-10-11-28/h2-3,6-7,9,12,14,18,21-22,25,28,33-34,37-38,43-46,48-49H,4-5,8,10-11,13,15-17,19-20,23-24H2,1H3/t25?,33-,34+,37+,38+/m1/s1. The number of aryl methyl sites for hydroxylation is 1. The molecule has 1 amide bonds. The molecule has 2 aliphatic rings. The Balaban J connectivity index is 1.18. The van der Waals surface area contributed by atoms with Crippen molar-refractivity contribution in [3.63, 3.8) is 0 Å². The highest BCUT2D eigenvalue weighted by atomic mass is 35.5. The molecule has 1 aromatic heterocycles. The van der Waals surface area contributed by atoms with Gasteiger partial charge in [-0.25, -0.2) is 0 Å². The quantitative estimate of drug-likeness (QED) is 0.101. The molecular formula is C39H51ClN2O8. The van der Waals surface area contributed by atoms with Crippen molar-refractivity contribution in [2.24, 2.45) is 0 Å². The first-order chi connectivity index (χ1) is 24.1. The van der Waals surface area contributed by atoms with Gasteiger partial charge in [0.1, 0.15) is 30.2 Å². The molecule has 0 saturated heterocycles. The molecule has 1 unspecified atom stereocenters. The lowest BCUT2D eigenvalue weighted by molar-refractivity contribution is -0.140. The predicted molar refractivity (Wildman–Crippen MR) is 191 cm³/mol. The molecule has 0 bridgehead atoms. The number of nitrogens with zero attached hydrogens (tertiary/aromatic N) is 2. The number of pyridine rings is 1. The van der Waals surface area contributed by atoms with Crippen LogP contribution in [0.3, 0.4) is 0 Å². The van der Waals surface area contributed by atoms with Gasteiger partial charge in [0.15, 0.2) is 0 Å². The van der Waals surface area contributed by atoms with E-state index in [1.807, 2.05) is 30.6 Å². The van der Waals surface area contributed by atoms with Crippen LogP contribution in [0.1, 0.15) is 80.9 Å². The topological polar surface area (TPSA) is 164 Å². The van der Waals surface area contributed by atoms with Crippen LogP contribution in [0.2, 0.25) is 5.02 Å². The van der Waals surface area contributed by atoms with E-state index in [1.54, 1.807) is 0 Å². The number of aliphatic hydroxyl groups excluding tert-OH is 6. The minimum absolute atomic E-state index is 0.0301. The largest absolute Gasteiger partial charge is 0.490 e. The SMILES string of the molecule is CC(CCCC(=O)N(CCO)C[C@@H](O)[C@H](O)[C@@H](O)[C@@H](O)CO)c1ccc(Cl)c(CCC2(c3cnccc3-c3ccccc3OC3CC3)CC2)c1. The maximum atomic E-state index is 13.0. The van der Waals surface area contributed by atoms with Crippen molar-refractivity contribution < 1.29 is 40.2 Å². The van der Waals surface area contributed by atoms with Crippen molar-refractivity contribution in [1.29, 1.82) is 0 Å². The minimum Gasteiger partial charge on any atom is -0.490 e. The number of hydrogen-bond donors (Lipinski definition) is 6. The summed E-state index contributed by atoms with van der Waals surface area (Å²) < 4.78 is 6.27. The third-order valence-electron chi connectivity index (χ3n) is 10.2. The highest BCUT2D eigenvalue weighted by molar-refractivity contribution is 6.31. The Bertz CT molecular complexity index is 1560. The number of hydrogen-bond acceptors (Lipinski definition) is 9. The van der Waals surface area contributed by atoms with Crippen LogP contribution in [0.15, 0.2) is 60.9 Å². The first-order valence-electron chi connectivity index (χ1n) is 17.8. The van der Waals surface area contributed by atoms with Crippen LogP contribution in [0, 0.1) is 0 Å². The van der Waals surface area contributed by atoms with Crippen LogP contribution < -0.4 is 4.74 Å². The molecule has 2 fully saturated rings. The van der Waals surface area contributed by atoms with Gasteiger partial charge in [0.05, 0.1) is 19.3 Å². The molecule has 2 saturated carbocycles. The zero-order chi connectivity index (χ0) is 35.8. The Kier molecular flexibility index (Phi) is 13.3. The summed E-state index contributed by atoms with van der Waals surface area (Å²) in [5.74, 6) is 0.769. The molecule has 0 spiro atoms. The number of aliphatic hydroxyl groups is 6. The summed E-state index contributed by atoms with van der Waals surface area (Å²) in [7, 11) is 0. The van der Waals surface area contributed by atoms with E-state index in [1.165, 1.54) is 16.0 Å². The monoisotopic (exact) mass is 710 g/mol. The molecule has 6 N–H and O–H groups in total. The molecule has 272 valence electrons. The lowest BCUT2D eigenvalue weighted by atomic mass is 9.84. The Labute approximate surface area is 299 Å². The number of carbonyl (C=O) groups is 1. The van der Waals surface area contributed by atoms with Gasteiger partial charge in [0.2, 0.25) is 5.91 Å². The molecule has 3 aromatic rings. The van der Waals surface area contributed by atoms with Gasteiger partial charge in [-0.3, -0.25) is 9.78 Å². The number of amides is 1. The van der Waals surface area contributed by atoms with Gasteiger partial charge >= 0.3 is 0 Å². The van der Waals surface area contributed by atoms with E-state index in [2.05, 4.69) is 42.2 Å². The van der Waals surface area contributed by atoms with Crippen molar-refractivity contribution in [3.8, 4) is 16.9 Å². The van der Waals surface area contributed by atoms with Crippen molar-refractivity contribution in [2.75, 3.05) is 26.3 Å². The van der Waals surface area contributed by atoms with Gasteiger partial charge in [0.25, 0.3) is 0 Å². The van der Waals surface area contributed by atoms with E-state index < -0.39 is 31.0 Å². The number of rotatable bonds is 20. The number of benzene rings is 2. The average molecular weight is 711 g/mol. The van der Waals surface area contributed by atoms with Crippen molar-refractivity contribution in [1.82, 2.24) is 9.88 Å². The van der Waals surface area contributed by atoms with Gasteiger partial charge in [-0.05, 0) is 103 Å². The summed E-state index contributed by atoms with van der Waals surface area (Å²) in [6, 6.07) is 16.5. The van der Waals surface area contributed by atoms with Gasteiger partial charge in [0, 0.05) is 42.5 Å². The Hall–Kier alpha value is -3.09. The molecular weight excluding hydrogens is 660 g/mol. The van der Waals surface area contributed by atoms with E-state index in [0.717, 1.165) is 72.4 Å². The number of para-hydroxylation sites is 1. The maximum absolute atomic E-state index is 13.0. The highest BCUT2D eigenvalue weighted by Gasteiger charge is 2.45. The zero-order valence-electron chi connectivity index (χ0n) is 28.7. The van der Waals surface area contributed by atoms with Crippen LogP contribution in [0.25, 0.3) is 11.1 Å². The molecule has 5 atom stereocenters. The van der Waals surface area contributed by atoms with Crippen molar-refractivity contribution in [3.05, 3.63) is 82.6 Å². The molecule has 1 heterocycles. The maximum Gasteiger partial charge on any atom is 0.222 e. The summed E-state index contributed by atoms with van der Waals surface area (Å²) in [6.07, 6.45) is 4.99. The third-order valence-corrected chi connectivity index (χ3v) is 10.6. The van der Waals surface area contributed by atoms with E-state index in [0.29, 0.717) is 12.5 Å². The average Bonchev–Trinajstić information content (AvgIpc) is 4.08.